The van der Waals surface area contributed by atoms with Crippen LogP contribution in [0.15, 0.2) is 12.7 Å². The van der Waals surface area contributed by atoms with Gasteiger partial charge in [0.1, 0.15) is 0 Å². The molecule has 0 amide bonds. The van der Waals surface area contributed by atoms with Gasteiger partial charge < -0.3 is 0 Å². The van der Waals surface area contributed by atoms with E-state index in [4.69, 9.17) is 0 Å². The molecule has 56 valence electrons. The summed E-state index contributed by atoms with van der Waals surface area (Å²) in [4.78, 5) is 21.9. The lowest BCUT2D eigenvalue weighted by Gasteiger charge is -1.98. The summed E-state index contributed by atoms with van der Waals surface area (Å²) in [6, 6.07) is 0. The van der Waals surface area contributed by atoms with Gasteiger partial charge in [-0.1, -0.05) is 6.58 Å². The van der Waals surface area contributed by atoms with Gasteiger partial charge in [-0.05, 0) is 0 Å². The van der Waals surface area contributed by atoms with E-state index >= 15 is 0 Å². The molecule has 7 heteroatoms. The molecule has 0 bridgehead atoms. The molecule has 0 aromatic carbocycles. The molecular formula is C3H4N2O5. The van der Waals surface area contributed by atoms with E-state index in [-0.39, 0.29) is 0 Å². The third kappa shape index (κ3) is 2.60. The highest BCUT2D eigenvalue weighted by Crippen LogP contribution is 1.92. The fourth-order valence-corrected chi connectivity index (χ4v) is 0.256. The Bertz CT molecular complexity index is 166. The molecule has 0 aliphatic heterocycles. The van der Waals surface area contributed by atoms with Crippen LogP contribution < -0.4 is 0 Å². The van der Waals surface area contributed by atoms with Crippen LogP contribution in [0.5, 0.6) is 0 Å². The molecule has 0 fully saturated rings. The van der Waals surface area contributed by atoms with E-state index in [1.54, 1.807) is 0 Å². The Morgan fingerprint density at radius 1 is 1.50 bits per heavy atom. The molecular weight excluding hydrogens is 144 g/mol. The maximum Gasteiger partial charge on any atom is 0.373 e. The third-order valence-corrected chi connectivity index (χ3v) is 0.603. The first-order chi connectivity index (χ1) is 4.57. The Balaban J connectivity index is 3.96. The first-order valence-electron chi connectivity index (χ1n) is 2.15. The minimum Gasteiger partial charge on any atom is -0.262 e. The second-order valence-corrected chi connectivity index (χ2v) is 1.24. The van der Waals surface area contributed by atoms with Crippen LogP contribution in [0.4, 0.5) is 0 Å². The molecule has 0 spiro atoms. The van der Waals surface area contributed by atoms with Gasteiger partial charge in [0.25, 0.3) is 0 Å². The number of nitro groups is 1. The molecule has 10 heavy (non-hydrogen) atoms. The monoisotopic (exact) mass is 148 g/mol. The first-order valence-corrected chi connectivity index (χ1v) is 2.15. The number of rotatable bonds is 4. The molecule has 0 heterocycles. The average Bonchev–Trinajstić information content (AvgIpc) is 1.81. The lowest BCUT2D eigenvalue weighted by molar-refractivity contribution is -0.819. The van der Waals surface area contributed by atoms with Crippen molar-refractivity contribution >= 4 is 0 Å². The zero-order chi connectivity index (χ0) is 8.15. The minimum absolute atomic E-state index is 0.725. The van der Waals surface area contributed by atoms with E-state index in [2.05, 4.69) is 11.4 Å². The smallest absolute Gasteiger partial charge is 0.262 e. The van der Waals surface area contributed by atoms with Crippen molar-refractivity contribution in [2.45, 2.75) is 6.23 Å². The van der Waals surface area contributed by atoms with Gasteiger partial charge >= 0.3 is 11.3 Å². The standard InChI is InChI=1S/C3H4N2O5/c1-2-3(4(6)7)10-5(8)9/h2-3H,1H2. The Morgan fingerprint density at radius 2 is 2.00 bits per heavy atom. The van der Waals surface area contributed by atoms with Crippen LogP contribution in [0.2, 0.25) is 0 Å². The van der Waals surface area contributed by atoms with Gasteiger partial charge in [0.05, 0.1) is 4.92 Å². The van der Waals surface area contributed by atoms with Gasteiger partial charge in [-0.3, -0.25) is 10.1 Å². The average molecular weight is 148 g/mol. The quantitative estimate of drug-likeness (QED) is 0.241. The highest BCUT2D eigenvalue weighted by atomic mass is 17.0. The fraction of sp³-hybridized carbons (Fsp3) is 0.333. The summed E-state index contributed by atoms with van der Waals surface area (Å²) in [7, 11) is 0. The van der Waals surface area contributed by atoms with Crippen LogP contribution >= 0.6 is 0 Å². The normalized spacial score (nSPS) is 11.6. The van der Waals surface area contributed by atoms with E-state index in [0.717, 1.165) is 6.08 Å². The lowest BCUT2D eigenvalue weighted by Crippen LogP contribution is -2.23. The van der Waals surface area contributed by atoms with E-state index in [9.17, 15) is 20.2 Å². The zero-order valence-electron chi connectivity index (χ0n) is 4.80. The summed E-state index contributed by atoms with van der Waals surface area (Å²) in [5, 5.41) is 18.0. The van der Waals surface area contributed by atoms with E-state index < -0.39 is 16.2 Å². The molecule has 0 aliphatic rings. The largest absolute Gasteiger partial charge is 0.373 e. The molecule has 0 saturated heterocycles. The molecule has 0 aromatic rings. The zero-order valence-corrected chi connectivity index (χ0v) is 4.80. The van der Waals surface area contributed by atoms with Gasteiger partial charge in [0.2, 0.25) is 0 Å². The van der Waals surface area contributed by atoms with Gasteiger partial charge in [-0.2, -0.15) is 0 Å². The molecule has 0 saturated carbocycles. The number of hydrogen-bond acceptors (Lipinski definition) is 5. The van der Waals surface area contributed by atoms with Gasteiger partial charge in [-0.15, -0.1) is 10.1 Å². The van der Waals surface area contributed by atoms with Crippen molar-refractivity contribution in [3.8, 4) is 0 Å². The summed E-state index contributed by atoms with van der Waals surface area (Å²) in [6.07, 6.45) is -1.04. The Hall–Kier alpha value is -1.66. The van der Waals surface area contributed by atoms with Crippen molar-refractivity contribution in [1.29, 1.82) is 0 Å². The minimum atomic E-state index is -1.77. The van der Waals surface area contributed by atoms with Crippen LogP contribution in [0, 0.1) is 20.2 Å². The second-order valence-electron chi connectivity index (χ2n) is 1.24. The molecule has 0 rings (SSSR count). The fourth-order valence-electron chi connectivity index (χ4n) is 0.256. The van der Waals surface area contributed by atoms with Crippen molar-refractivity contribution in [2.75, 3.05) is 0 Å². The van der Waals surface area contributed by atoms with Gasteiger partial charge in [-0.25, -0.2) is 4.84 Å². The molecule has 0 radical (unpaired) electrons. The van der Waals surface area contributed by atoms with Crippen molar-refractivity contribution in [3.05, 3.63) is 32.9 Å². The molecule has 7 nitrogen and oxygen atoms in total. The van der Waals surface area contributed by atoms with Crippen molar-refractivity contribution in [3.63, 3.8) is 0 Å². The van der Waals surface area contributed by atoms with Crippen LogP contribution in [0.25, 0.3) is 0 Å². The SMILES string of the molecule is C=CC(O[N+](=O)[O-])[N+](=O)[O-]. The lowest BCUT2D eigenvalue weighted by atomic mass is 10.6. The Labute approximate surface area is 55.2 Å². The molecule has 0 aliphatic carbocycles. The summed E-state index contributed by atoms with van der Waals surface area (Å²) in [5.74, 6) is 0. The van der Waals surface area contributed by atoms with Crippen LogP contribution in [-0.2, 0) is 4.84 Å². The summed E-state index contributed by atoms with van der Waals surface area (Å²) >= 11 is 0. The van der Waals surface area contributed by atoms with Gasteiger partial charge in [0.15, 0.2) is 0 Å². The highest BCUT2D eigenvalue weighted by Gasteiger charge is 2.18. The molecule has 1 atom stereocenters. The van der Waals surface area contributed by atoms with Crippen molar-refractivity contribution in [1.82, 2.24) is 0 Å². The first kappa shape index (κ1) is 8.34. The van der Waals surface area contributed by atoms with Crippen molar-refractivity contribution < 1.29 is 14.8 Å². The predicted molar refractivity (Wildman–Crippen MR) is 29.1 cm³/mol. The summed E-state index contributed by atoms with van der Waals surface area (Å²) in [5.41, 5.74) is 0. The number of hydrogen-bond donors (Lipinski definition) is 0. The predicted octanol–water partition coefficient (Wildman–Crippen LogP) is -0.0165. The van der Waals surface area contributed by atoms with E-state index in [1.165, 1.54) is 0 Å². The van der Waals surface area contributed by atoms with Crippen LogP contribution in [0.3, 0.4) is 0 Å². The highest BCUT2D eigenvalue weighted by molar-refractivity contribution is 4.69. The van der Waals surface area contributed by atoms with Crippen LogP contribution in [0.1, 0.15) is 0 Å². The maximum atomic E-state index is 9.77. The third-order valence-electron chi connectivity index (χ3n) is 0.603. The summed E-state index contributed by atoms with van der Waals surface area (Å²) in [6.45, 7) is 2.96. The van der Waals surface area contributed by atoms with E-state index in [0.29, 0.717) is 0 Å². The van der Waals surface area contributed by atoms with E-state index in [1.807, 2.05) is 0 Å². The molecule has 0 N–H and O–H groups in total. The Morgan fingerprint density at radius 3 is 2.10 bits per heavy atom. The van der Waals surface area contributed by atoms with Gasteiger partial charge in [0, 0.05) is 6.08 Å². The number of nitrogens with zero attached hydrogens (tertiary/aromatic N) is 2. The van der Waals surface area contributed by atoms with Crippen molar-refractivity contribution in [2.24, 2.45) is 0 Å². The maximum absolute atomic E-state index is 9.77. The van der Waals surface area contributed by atoms with Crippen LogP contribution in [-0.4, -0.2) is 16.2 Å². The topological polar surface area (TPSA) is 95.5 Å². The molecule has 0 aromatic heterocycles. The molecule has 1 unspecified atom stereocenters. The second kappa shape index (κ2) is 3.38. The Kier molecular flexibility index (Phi) is 2.82. The summed E-state index contributed by atoms with van der Waals surface area (Å²) < 4.78 is 0.